The average molecular weight is 430 g/mol. The molecule has 1 aliphatic rings. The van der Waals surface area contributed by atoms with Crippen LogP contribution in [-0.4, -0.2) is 31.6 Å². The molecule has 1 heterocycles. The quantitative estimate of drug-likeness (QED) is 0.465. The molecule has 0 spiro atoms. The zero-order chi connectivity index (χ0) is 22.7. The molecule has 3 aromatic carbocycles. The number of urea groups is 1. The Morgan fingerprint density at radius 2 is 1.72 bits per heavy atom. The van der Waals surface area contributed by atoms with Gasteiger partial charge in [0, 0.05) is 5.56 Å². The first-order chi connectivity index (χ1) is 15.5. The first kappa shape index (κ1) is 21.1. The standard InChI is InChI=1S/C25H22N2O5/c1-3-14-32-18-11-9-17(10-12-18)27-24(29)21(23(28)26-25(27)30)15-20-19-7-5-4-6-16(19)8-13-22(20)31-2/h4-13,15H,3,14H2,1-2H3,(H,26,28,30)/b21-15-. The highest BCUT2D eigenvalue weighted by Crippen LogP contribution is 2.31. The third kappa shape index (κ3) is 3.92. The van der Waals surface area contributed by atoms with Crippen molar-refractivity contribution in [2.45, 2.75) is 13.3 Å². The number of hydrogen-bond acceptors (Lipinski definition) is 5. The van der Waals surface area contributed by atoms with Gasteiger partial charge < -0.3 is 9.47 Å². The number of nitrogens with zero attached hydrogens (tertiary/aromatic N) is 1. The molecule has 7 heteroatoms. The lowest BCUT2D eigenvalue weighted by atomic mass is 9.99. The number of benzene rings is 3. The maximum absolute atomic E-state index is 13.2. The fourth-order valence-electron chi connectivity index (χ4n) is 3.55. The number of imide groups is 2. The first-order valence-electron chi connectivity index (χ1n) is 10.2. The Hall–Kier alpha value is -4.13. The summed E-state index contributed by atoms with van der Waals surface area (Å²) >= 11 is 0. The summed E-state index contributed by atoms with van der Waals surface area (Å²) in [7, 11) is 1.52. The smallest absolute Gasteiger partial charge is 0.335 e. The molecular weight excluding hydrogens is 408 g/mol. The van der Waals surface area contributed by atoms with Crippen LogP contribution in [-0.2, 0) is 9.59 Å². The van der Waals surface area contributed by atoms with Crippen LogP contribution in [0.25, 0.3) is 16.8 Å². The van der Waals surface area contributed by atoms with Gasteiger partial charge in [0.05, 0.1) is 19.4 Å². The molecule has 4 rings (SSSR count). The third-order valence-corrected chi connectivity index (χ3v) is 5.11. The van der Waals surface area contributed by atoms with Gasteiger partial charge >= 0.3 is 6.03 Å². The van der Waals surface area contributed by atoms with Crippen LogP contribution in [0.3, 0.4) is 0 Å². The Bertz CT molecular complexity index is 1230. The molecule has 0 aromatic heterocycles. The second kappa shape index (κ2) is 8.93. The number of fused-ring (bicyclic) bond motifs is 1. The van der Waals surface area contributed by atoms with Crippen LogP contribution in [0.2, 0.25) is 0 Å². The van der Waals surface area contributed by atoms with Crippen LogP contribution in [0.1, 0.15) is 18.9 Å². The Morgan fingerprint density at radius 3 is 2.44 bits per heavy atom. The Balaban J connectivity index is 1.75. The molecular formula is C25H22N2O5. The third-order valence-electron chi connectivity index (χ3n) is 5.11. The molecule has 0 aliphatic carbocycles. The number of ether oxygens (including phenoxy) is 2. The van der Waals surface area contributed by atoms with Gasteiger partial charge in [0.25, 0.3) is 11.8 Å². The topological polar surface area (TPSA) is 84.9 Å². The molecule has 0 saturated carbocycles. The van der Waals surface area contributed by atoms with E-state index >= 15 is 0 Å². The largest absolute Gasteiger partial charge is 0.496 e. The van der Waals surface area contributed by atoms with Crippen LogP contribution >= 0.6 is 0 Å². The van der Waals surface area contributed by atoms with Crippen molar-refractivity contribution in [2.75, 3.05) is 18.6 Å². The number of carbonyl (C=O) groups is 3. The molecule has 3 aromatic rings. The van der Waals surface area contributed by atoms with Gasteiger partial charge in [0.2, 0.25) is 0 Å². The van der Waals surface area contributed by atoms with Crippen LogP contribution < -0.4 is 19.7 Å². The van der Waals surface area contributed by atoms with E-state index in [1.807, 2.05) is 37.3 Å². The molecule has 0 radical (unpaired) electrons. The van der Waals surface area contributed by atoms with Crippen LogP contribution in [0.5, 0.6) is 11.5 Å². The van der Waals surface area contributed by atoms with Gasteiger partial charge in [-0.05, 0) is 53.6 Å². The molecule has 32 heavy (non-hydrogen) atoms. The number of amides is 4. The summed E-state index contributed by atoms with van der Waals surface area (Å²) in [4.78, 5) is 39.3. The van der Waals surface area contributed by atoms with Crippen molar-refractivity contribution in [3.05, 3.63) is 71.8 Å². The van der Waals surface area contributed by atoms with E-state index < -0.39 is 17.8 Å². The van der Waals surface area contributed by atoms with Gasteiger partial charge in [-0.3, -0.25) is 14.9 Å². The van der Waals surface area contributed by atoms with Crippen molar-refractivity contribution in [3.8, 4) is 11.5 Å². The second-order valence-corrected chi connectivity index (χ2v) is 7.20. The number of hydrogen-bond donors (Lipinski definition) is 1. The molecule has 0 atom stereocenters. The SMILES string of the molecule is CCCOc1ccc(N2C(=O)NC(=O)/C(=C/c3c(OC)ccc4ccccc34)C2=O)cc1. The van der Waals surface area contributed by atoms with Gasteiger partial charge in [-0.1, -0.05) is 37.3 Å². The fraction of sp³-hybridized carbons (Fsp3) is 0.160. The molecule has 1 saturated heterocycles. The number of barbiturate groups is 1. The zero-order valence-electron chi connectivity index (χ0n) is 17.8. The first-order valence-corrected chi connectivity index (χ1v) is 10.2. The lowest BCUT2D eigenvalue weighted by Crippen LogP contribution is -2.54. The van der Waals surface area contributed by atoms with Crippen molar-refractivity contribution in [2.24, 2.45) is 0 Å². The minimum Gasteiger partial charge on any atom is -0.496 e. The molecule has 0 bridgehead atoms. The lowest BCUT2D eigenvalue weighted by Gasteiger charge is -2.26. The van der Waals surface area contributed by atoms with Gasteiger partial charge in [-0.2, -0.15) is 0 Å². The highest BCUT2D eigenvalue weighted by molar-refractivity contribution is 6.39. The Labute approximate surface area is 185 Å². The van der Waals surface area contributed by atoms with E-state index in [9.17, 15) is 14.4 Å². The van der Waals surface area contributed by atoms with E-state index in [-0.39, 0.29) is 5.57 Å². The van der Waals surface area contributed by atoms with Crippen molar-refractivity contribution < 1.29 is 23.9 Å². The van der Waals surface area contributed by atoms with Gasteiger partial charge in [0.1, 0.15) is 17.1 Å². The highest BCUT2D eigenvalue weighted by atomic mass is 16.5. The van der Waals surface area contributed by atoms with Crippen LogP contribution in [0.4, 0.5) is 10.5 Å². The Kier molecular flexibility index (Phi) is 5.89. The molecule has 7 nitrogen and oxygen atoms in total. The van der Waals surface area contributed by atoms with Crippen molar-refractivity contribution in [3.63, 3.8) is 0 Å². The fourth-order valence-corrected chi connectivity index (χ4v) is 3.55. The van der Waals surface area contributed by atoms with E-state index in [0.717, 1.165) is 22.1 Å². The maximum Gasteiger partial charge on any atom is 0.335 e. The highest BCUT2D eigenvalue weighted by Gasteiger charge is 2.37. The van der Waals surface area contributed by atoms with Gasteiger partial charge in [-0.15, -0.1) is 0 Å². The summed E-state index contributed by atoms with van der Waals surface area (Å²) < 4.78 is 11.0. The van der Waals surface area contributed by atoms with Crippen LogP contribution in [0.15, 0.2) is 66.2 Å². The average Bonchev–Trinajstić information content (AvgIpc) is 2.81. The number of rotatable bonds is 6. The summed E-state index contributed by atoms with van der Waals surface area (Å²) in [5, 5.41) is 4.00. The molecule has 162 valence electrons. The minimum atomic E-state index is -0.802. The molecule has 4 amide bonds. The molecule has 0 unspecified atom stereocenters. The molecule has 1 fully saturated rings. The van der Waals surface area contributed by atoms with Gasteiger partial charge in [-0.25, -0.2) is 9.69 Å². The summed E-state index contributed by atoms with van der Waals surface area (Å²) in [5.41, 5.74) is 0.756. The van der Waals surface area contributed by atoms with E-state index in [1.165, 1.54) is 13.2 Å². The zero-order valence-corrected chi connectivity index (χ0v) is 17.8. The lowest BCUT2D eigenvalue weighted by molar-refractivity contribution is -0.122. The summed E-state index contributed by atoms with van der Waals surface area (Å²) in [6.45, 7) is 2.57. The second-order valence-electron chi connectivity index (χ2n) is 7.20. The summed E-state index contributed by atoms with van der Waals surface area (Å²) in [5.74, 6) is -0.324. The Morgan fingerprint density at radius 1 is 0.969 bits per heavy atom. The van der Waals surface area contributed by atoms with Crippen molar-refractivity contribution in [1.29, 1.82) is 0 Å². The maximum atomic E-state index is 13.2. The predicted molar refractivity (Wildman–Crippen MR) is 122 cm³/mol. The molecule has 1 aliphatic heterocycles. The van der Waals surface area contributed by atoms with Gasteiger partial charge in [0.15, 0.2) is 0 Å². The predicted octanol–water partition coefficient (Wildman–Crippen LogP) is 4.30. The van der Waals surface area contributed by atoms with E-state index in [1.54, 1.807) is 30.3 Å². The van der Waals surface area contributed by atoms with Crippen molar-refractivity contribution in [1.82, 2.24) is 5.32 Å². The number of methoxy groups -OCH3 is 1. The summed E-state index contributed by atoms with van der Waals surface area (Å²) in [6, 6.07) is 17.0. The van der Waals surface area contributed by atoms with Crippen LogP contribution in [0, 0.1) is 0 Å². The summed E-state index contributed by atoms with van der Waals surface area (Å²) in [6.07, 6.45) is 2.33. The monoisotopic (exact) mass is 430 g/mol. The van der Waals surface area contributed by atoms with E-state index in [4.69, 9.17) is 9.47 Å². The normalized spacial score (nSPS) is 15.2. The van der Waals surface area contributed by atoms with E-state index in [0.29, 0.717) is 29.4 Å². The number of carbonyl (C=O) groups excluding carboxylic acids is 3. The van der Waals surface area contributed by atoms with E-state index in [2.05, 4.69) is 5.32 Å². The number of nitrogens with one attached hydrogen (secondary N) is 1. The number of anilines is 1. The molecule has 1 N–H and O–H groups in total. The van der Waals surface area contributed by atoms with Crippen molar-refractivity contribution >= 4 is 40.4 Å². The minimum absolute atomic E-state index is 0.162.